The first-order valence-corrected chi connectivity index (χ1v) is 8.10. The van der Waals surface area contributed by atoms with Crippen molar-refractivity contribution in [3.63, 3.8) is 0 Å². The van der Waals surface area contributed by atoms with Gasteiger partial charge in [-0.3, -0.25) is 14.9 Å². The van der Waals surface area contributed by atoms with Crippen molar-refractivity contribution in [1.29, 1.82) is 0 Å². The second kappa shape index (κ2) is 7.44. The summed E-state index contributed by atoms with van der Waals surface area (Å²) in [4.78, 5) is 22.5. The van der Waals surface area contributed by atoms with Crippen LogP contribution in [0.2, 0.25) is 0 Å². The van der Waals surface area contributed by atoms with E-state index in [1.807, 2.05) is 0 Å². The monoisotopic (exact) mass is 320 g/mol. The van der Waals surface area contributed by atoms with Crippen LogP contribution in [0.1, 0.15) is 40.0 Å². The lowest BCUT2D eigenvalue weighted by molar-refractivity contribution is -0.384. The number of hydrogen-bond donors (Lipinski definition) is 1. The molecule has 126 valence electrons. The Morgan fingerprint density at radius 2 is 1.96 bits per heavy atom. The van der Waals surface area contributed by atoms with Gasteiger partial charge in [0, 0.05) is 18.2 Å². The van der Waals surface area contributed by atoms with Crippen molar-refractivity contribution in [1.82, 2.24) is 5.32 Å². The summed E-state index contributed by atoms with van der Waals surface area (Å²) >= 11 is 0. The molecule has 1 aromatic rings. The zero-order chi connectivity index (χ0) is 17.0. The molecule has 6 heteroatoms. The van der Waals surface area contributed by atoms with Crippen LogP contribution >= 0.6 is 0 Å². The van der Waals surface area contributed by atoms with Crippen molar-refractivity contribution in [2.45, 2.75) is 52.2 Å². The molecule has 0 aromatic heterocycles. The second-order valence-electron chi connectivity index (χ2n) is 6.39. The quantitative estimate of drug-likeness (QED) is 0.666. The van der Waals surface area contributed by atoms with Gasteiger partial charge >= 0.3 is 0 Å². The summed E-state index contributed by atoms with van der Waals surface area (Å²) in [7, 11) is 0. The van der Waals surface area contributed by atoms with E-state index in [1.54, 1.807) is 6.92 Å². The fraction of sp³-hybridized carbons (Fsp3) is 0.588. The highest BCUT2D eigenvalue weighted by Crippen LogP contribution is 2.29. The summed E-state index contributed by atoms with van der Waals surface area (Å²) in [5.41, 5.74) is -0.000488. The molecule has 0 radical (unpaired) electrons. The van der Waals surface area contributed by atoms with Crippen LogP contribution in [-0.4, -0.2) is 23.0 Å². The average molecular weight is 320 g/mol. The van der Waals surface area contributed by atoms with Gasteiger partial charge in [-0.05, 0) is 37.3 Å². The summed E-state index contributed by atoms with van der Waals surface area (Å²) in [6.07, 6.45) is 2.71. The summed E-state index contributed by atoms with van der Waals surface area (Å²) < 4.78 is 5.58. The minimum atomic E-state index is -0.638. The molecule has 4 atom stereocenters. The number of amides is 1. The van der Waals surface area contributed by atoms with E-state index >= 15 is 0 Å². The van der Waals surface area contributed by atoms with Crippen molar-refractivity contribution in [3.8, 4) is 5.75 Å². The molecule has 1 aliphatic carbocycles. The largest absolute Gasteiger partial charge is 0.481 e. The Bertz CT molecular complexity index is 558. The third-order valence-electron chi connectivity index (χ3n) is 4.76. The van der Waals surface area contributed by atoms with Crippen LogP contribution in [0.4, 0.5) is 5.69 Å². The lowest BCUT2D eigenvalue weighted by Crippen LogP contribution is -2.48. The van der Waals surface area contributed by atoms with Crippen LogP contribution in [0, 0.1) is 22.0 Å². The fourth-order valence-corrected chi connectivity index (χ4v) is 2.99. The summed E-state index contributed by atoms with van der Waals surface area (Å²) in [6, 6.07) is 5.94. The van der Waals surface area contributed by atoms with Crippen molar-refractivity contribution >= 4 is 11.6 Å². The first-order chi connectivity index (χ1) is 10.9. The number of nitro benzene ring substituents is 1. The molecule has 0 heterocycles. The number of nitrogens with one attached hydrogen (secondary N) is 1. The molecule has 1 aromatic carbocycles. The fourth-order valence-electron chi connectivity index (χ4n) is 2.99. The normalized spacial score (nSPS) is 25.4. The molecule has 0 unspecified atom stereocenters. The molecular formula is C17H24N2O4. The number of ether oxygens (including phenoxy) is 1. The van der Waals surface area contributed by atoms with Gasteiger partial charge in [0.15, 0.2) is 6.10 Å². The Labute approximate surface area is 136 Å². The predicted molar refractivity (Wildman–Crippen MR) is 87.3 cm³/mol. The molecular weight excluding hydrogens is 296 g/mol. The topological polar surface area (TPSA) is 81.5 Å². The standard InChI is InChI=1S/C17H24N2O4/c1-11-5-4-6-16(12(11)2)18-17(20)13(3)23-15-9-7-14(8-10-15)19(21)22/h7-13,16H,4-6H2,1-3H3,(H,18,20)/t11-,12+,13+,16+/m0/s1. The molecule has 1 saturated carbocycles. The van der Waals surface area contributed by atoms with E-state index < -0.39 is 11.0 Å². The number of carbonyl (C=O) groups is 1. The maximum Gasteiger partial charge on any atom is 0.269 e. The molecule has 6 nitrogen and oxygen atoms in total. The van der Waals surface area contributed by atoms with Crippen LogP contribution in [0.15, 0.2) is 24.3 Å². The molecule has 1 N–H and O–H groups in total. The van der Waals surface area contributed by atoms with Crippen LogP contribution in [0.5, 0.6) is 5.75 Å². The molecule has 0 bridgehead atoms. The Morgan fingerprint density at radius 3 is 2.57 bits per heavy atom. The predicted octanol–water partition coefficient (Wildman–Crippen LogP) is 3.30. The van der Waals surface area contributed by atoms with Gasteiger partial charge in [0.25, 0.3) is 11.6 Å². The minimum absolute atomic E-state index is 0.000488. The van der Waals surface area contributed by atoms with Crippen LogP contribution in [-0.2, 0) is 4.79 Å². The molecule has 23 heavy (non-hydrogen) atoms. The molecule has 0 spiro atoms. The summed E-state index contributed by atoms with van der Waals surface area (Å²) in [6.45, 7) is 6.09. The number of benzene rings is 1. The first kappa shape index (κ1) is 17.2. The lowest BCUT2D eigenvalue weighted by Gasteiger charge is -2.35. The van der Waals surface area contributed by atoms with E-state index in [4.69, 9.17) is 4.74 Å². The van der Waals surface area contributed by atoms with Crippen LogP contribution in [0.3, 0.4) is 0 Å². The van der Waals surface area contributed by atoms with E-state index in [9.17, 15) is 14.9 Å². The maximum absolute atomic E-state index is 12.3. The smallest absolute Gasteiger partial charge is 0.269 e. The number of hydrogen-bond acceptors (Lipinski definition) is 4. The molecule has 1 amide bonds. The number of rotatable bonds is 5. The third kappa shape index (κ3) is 4.43. The highest BCUT2D eigenvalue weighted by atomic mass is 16.6. The van der Waals surface area contributed by atoms with Crippen molar-refractivity contribution in [3.05, 3.63) is 34.4 Å². The third-order valence-corrected chi connectivity index (χ3v) is 4.76. The van der Waals surface area contributed by atoms with Crippen LogP contribution in [0.25, 0.3) is 0 Å². The van der Waals surface area contributed by atoms with Gasteiger partial charge in [0.1, 0.15) is 5.75 Å². The van der Waals surface area contributed by atoms with Gasteiger partial charge in [0.2, 0.25) is 0 Å². The Balaban J connectivity index is 1.90. The number of nitrogens with zero attached hydrogens (tertiary/aromatic N) is 1. The minimum Gasteiger partial charge on any atom is -0.481 e. The highest BCUT2D eigenvalue weighted by molar-refractivity contribution is 5.81. The molecule has 1 aliphatic rings. The summed E-state index contributed by atoms with van der Waals surface area (Å²) in [5, 5.41) is 13.7. The van der Waals surface area contributed by atoms with E-state index in [2.05, 4.69) is 19.2 Å². The number of carbonyl (C=O) groups excluding carboxylic acids is 1. The lowest BCUT2D eigenvalue weighted by atomic mass is 9.78. The van der Waals surface area contributed by atoms with E-state index in [1.165, 1.54) is 30.7 Å². The zero-order valence-electron chi connectivity index (χ0n) is 13.8. The van der Waals surface area contributed by atoms with Gasteiger partial charge < -0.3 is 10.1 Å². The van der Waals surface area contributed by atoms with Gasteiger partial charge in [0.05, 0.1) is 4.92 Å². The highest BCUT2D eigenvalue weighted by Gasteiger charge is 2.29. The Kier molecular flexibility index (Phi) is 5.58. The number of nitro groups is 1. The van der Waals surface area contributed by atoms with Gasteiger partial charge in [-0.15, -0.1) is 0 Å². The van der Waals surface area contributed by atoms with Gasteiger partial charge in [-0.2, -0.15) is 0 Å². The van der Waals surface area contributed by atoms with E-state index in [0.717, 1.165) is 12.8 Å². The van der Waals surface area contributed by atoms with Gasteiger partial charge in [-0.1, -0.05) is 26.7 Å². The molecule has 2 rings (SSSR count). The zero-order valence-corrected chi connectivity index (χ0v) is 13.8. The maximum atomic E-state index is 12.3. The molecule has 0 saturated heterocycles. The average Bonchev–Trinajstić information content (AvgIpc) is 2.52. The second-order valence-corrected chi connectivity index (χ2v) is 6.39. The first-order valence-electron chi connectivity index (χ1n) is 8.10. The number of non-ortho nitro benzene ring substituents is 1. The van der Waals surface area contributed by atoms with Gasteiger partial charge in [-0.25, -0.2) is 0 Å². The van der Waals surface area contributed by atoms with Crippen molar-refractivity contribution in [2.75, 3.05) is 0 Å². The van der Waals surface area contributed by atoms with E-state index in [-0.39, 0.29) is 17.6 Å². The Morgan fingerprint density at radius 1 is 1.30 bits per heavy atom. The Hall–Kier alpha value is -2.11. The summed E-state index contributed by atoms with van der Waals surface area (Å²) in [5.74, 6) is 1.37. The molecule has 1 fully saturated rings. The molecule has 0 aliphatic heterocycles. The van der Waals surface area contributed by atoms with Crippen LogP contribution < -0.4 is 10.1 Å². The van der Waals surface area contributed by atoms with E-state index in [0.29, 0.717) is 17.6 Å². The van der Waals surface area contributed by atoms with Crippen molar-refractivity contribution < 1.29 is 14.5 Å². The SMILES string of the molecule is C[C@@H]1[C@@H](C)CCC[C@H]1NC(=O)[C@@H](C)Oc1ccc([N+](=O)[O-])cc1. The van der Waals surface area contributed by atoms with Crippen molar-refractivity contribution in [2.24, 2.45) is 11.8 Å².